The first-order chi connectivity index (χ1) is 8.92. The summed E-state index contributed by atoms with van der Waals surface area (Å²) < 4.78 is 0. The van der Waals surface area contributed by atoms with Crippen molar-refractivity contribution in [3.8, 4) is 0 Å². The SMILES string of the molecule is CCC(C)(C)C(=O)N(CCCN)c1ccc(C)cc1. The van der Waals surface area contributed by atoms with Gasteiger partial charge in [-0.3, -0.25) is 4.79 Å². The molecule has 3 nitrogen and oxygen atoms in total. The Bertz CT molecular complexity index is 409. The third-order valence-electron chi connectivity index (χ3n) is 3.64. The molecule has 2 N–H and O–H groups in total. The smallest absolute Gasteiger partial charge is 0.232 e. The highest BCUT2D eigenvalue weighted by atomic mass is 16.2. The van der Waals surface area contributed by atoms with Crippen LogP contribution in [0, 0.1) is 12.3 Å². The Kier molecular flexibility index (Phi) is 5.55. The summed E-state index contributed by atoms with van der Waals surface area (Å²) in [6, 6.07) is 8.10. The number of hydrogen-bond acceptors (Lipinski definition) is 2. The van der Waals surface area contributed by atoms with E-state index >= 15 is 0 Å². The van der Waals surface area contributed by atoms with Crippen LogP contribution in [0.5, 0.6) is 0 Å². The molecule has 3 heteroatoms. The van der Waals surface area contributed by atoms with Crippen molar-refractivity contribution >= 4 is 11.6 Å². The minimum Gasteiger partial charge on any atom is -0.330 e. The van der Waals surface area contributed by atoms with Crippen LogP contribution >= 0.6 is 0 Å². The van der Waals surface area contributed by atoms with Crippen LogP contribution in [0.3, 0.4) is 0 Å². The summed E-state index contributed by atoms with van der Waals surface area (Å²) in [5, 5.41) is 0. The molecule has 1 rings (SSSR count). The van der Waals surface area contributed by atoms with Crippen LogP contribution in [0.2, 0.25) is 0 Å². The van der Waals surface area contributed by atoms with Gasteiger partial charge in [0.15, 0.2) is 0 Å². The number of rotatable bonds is 6. The van der Waals surface area contributed by atoms with E-state index in [1.807, 2.05) is 56.9 Å². The van der Waals surface area contributed by atoms with Crippen molar-refractivity contribution in [2.75, 3.05) is 18.0 Å². The number of aryl methyl sites for hydroxylation is 1. The van der Waals surface area contributed by atoms with Crippen molar-refractivity contribution in [3.05, 3.63) is 29.8 Å². The second-order valence-electron chi connectivity index (χ2n) is 5.67. The summed E-state index contributed by atoms with van der Waals surface area (Å²) in [6.45, 7) is 9.38. The summed E-state index contributed by atoms with van der Waals surface area (Å²) in [5.74, 6) is 0.173. The number of nitrogens with two attached hydrogens (primary N) is 1. The molecule has 0 radical (unpaired) electrons. The third kappa shape index (κ3) is 4.06. The van der Waals surface area contributed by atoms with Gasteiger partial charge in [0.05, 0.1) is 0 Å². The fraction of sp³-hybridized carbons (Fsp3) is 0.562. The molecule has 0 saturated heterocycles. The Morgan fingerprint density at radius 2 is 1.84 bits per heavy atom. The minimum absolute atomic E-state index is 0.173. The number of benzene rings is 1. The zero-order valence-electron chi connectivity index (χ0n) is 12.6. The normalized spacial score (nSPS) is 11.4. The van der Waals surface area contributed by atoms with Gasteiger partial charge in [0, 0.05) is 17.6 Å². The maximum Gasteiger partial charge on any atom is 0.232 e. The summed E-state index contributed by atoms with van der Waals surface area (Å²) in [5.41, 5.74) is 7.41. The van der Waals surface area contributed by atoms with Crippen molar-refractivity contribution in [2.24, 2.45) is 11.1 Å². The van der Waals surface area contributed by atoms with E-state index in [1.165, 1.54) is 5.56 Å². The van der Waals surface area contributed by atoms with E-state index in [-0.39, 0.29) is 11.3 Å². The van der Waals surface area contributed by atoms with Crippen LogP contribution in [0.4, 0.5) is 5.69 Å². The largest absolute Gasteiger partial charge is 0.330 e. The van der Waals surface area contributed by atoms with Crippen molar-refractivity contribution in [2.45, 2.75) is 40.5 Å². The lowest BCUT2D eigenvalue weighted by Gasteiger charge is -2.31. The van der Waals surface area contributed by atoms with E-state index in [9.17, 15) is 4.79 Å². The van der Waals surface area contributed by atoms with Crippen LogP contribution in [-0.4, -0.2) is 19.0 Å². The Labute approximate surface area is 116 Å². The molecule has 0 fully saturated rings. The third-order valence-corrected chi connectivity index (χ3v) is 3.64. The Morgan fingerprint density at radius 3 is 2.32 bits per heavy atom. The molecule has 0 aliphatic rings. The monoisotopic (exact) mass is 262 g/mol. The molecule has 0 heterocycles. The van der Waals surface area contributed by atoms with Gasteiger partial charge in [0.1, 0.15) is 0 Å². The van der Waals surface area contributed by atoms with Crippen LogP contribution in [0.1, 0.15) is 39.2 Å². The van der Waals surface area contributed by atoms with Gasteiger partial charge in [-0.15, -0.1) is 0 Å². The van der Waals surface area contributed by atoms with Gasteiger partial charge in [-0.25, -0.2) is 0 Å². The van der Waals surface area contributed by atoms with Crippen molar-refractivity contribution in [3.63, 3.8) is 0 Å². The number of amides is 1. The Morgan fingerprint density at radius 1 is 1.26 bits per heavy atom. The highest BCUT2D eigenvalue weighted by Gasteiger charge is 2.30. The van der Waals surface area contributed by atoms with E-state index < -0.39 is 0 Å². The average molecular weight is 262 g/mol. The molecule has 106 valence electrons. The number of carbonyl (C=O) groups is 1. The number of nitrogens with zero attached hydrogens (tertiary/aromatic N) is 1. The Balaban J connectivity index is 3.00. The highest BCUT2D eigenvalue weighted by molar-refractivity contribution is 5.97. The highest BCUT2D eigenvalue weighted by Crippen LogP contribution is 2.27. The molecular formula is C16H26N2O. The molecular weight excluding hydrogens is 236 g/mol. The minimum atomic E-state index is -0.334. The first-order valence-electron chi connectivity index (χ1n) is 7.01. The summed E-state index contributed by atoms with van der Waals surface area (Å²) >= 11 is 0. The van der Waals surface area contributed by atoms with Crippen LogP contribution < -0.4 is 10.6 Å². The van der Waals surface area contributed by atoms with Gasteiger partial charge >= 0.3 is 0 Å². The molecule has 1 aromatic carbocycles. The summed E-state index contributed by atoms with van der Waals surface area (Å²) in [4.78, 5) is 14.5. The van der Waals surface area contributed by atoms with E-state index in [0.29, 0.717) is 13.1 Å². The summed E-state index contributed by atoms with van der Waals surface area (Å²) in [7, 11) is 0. The second kappa shape index (κ2) is 6.71. The average Bonchev–Trinajstić information content (AvgIpc) is 2.40. The Hall–Kier alpha value is -1.35. The molecule has 0 unspecified atom stereocenters. The number of carbonyl (C=O) groups excluding carboxylic acids is 1. The predicted molar refractivity (Wildman–Crippen MR) is 81.3 cm³/mol. The lowest BCUT2D eigenvalue weighted by atomic mass is 9.88. The zero-order chi connectivity index (χ0) is 14.5. The molecule has 1 amide bonds. The lowest BCUT2D eigenvalue weighted by molar-refractivity contribution is -0.126. The first kappa shape index (κ1) is 15.7. The van der Waals surface area contributed by atoms with E-state index in [0.717, 1.165) is 18.5 Å². The van der Waals surface area contributed by atoms with Gasteiger partial charge in [0.25, 0.3) is 0 Å². The summed E-state index contributed by atoms with van der Waals surface area (Å²) in [6.07, 6.45) is 1.65. The van der Waals surface area contributed by atoms with Crippen LogP contribution in [0.15, 0.2) is 24.3 Å². The van der Waals surface area contributed by atoms with Gasteiger partial charge in [0.2, 0.25) is 5.91 Å². The number of anilines is 1. The molecule has 19 heavy (non-hydrogen) atoms. The maximum atomic E-state index is 12.7. The van der Waals surface area contributed by atoms with Crippen molar-refractivity contribution < 1.29 is 4.79 Å². The molecule has 1 aromatic rings. The van der Waals surface area contributed by atoms with Crippen molar-refractivity contribution in [1.82, 2.24) is 0 Å². The van der Waals surface area contributed by atoms with Crippen LogP contribution in [0.25, 0.3) is 0 Å². The van der Waals surface area contributed by atoms with Crippen molar-refractivity contribution in [1.29, 1.82) is 0 Å². The first-order valence-corrected chi connectivity index (χ1v) is 7.01. The van der Waals surface area contributed by atoms with Gasteiger partial charge in [-0.2, -0.15) is 0 Å². The fourth-order valence-corrected chi connectivity index (χ4v) is 1.84. The quantitative estimate of drug-likeness (QED) is 0.856. The van der Waals surface area contributed by atoms with E-state index in [1.54, 1.807) is 0 Å². The maximum absolute atomic E-state index is 12.7. The molecule has 0 aromatic heterocycles. The van der Waals surface area contributed by atoms with E-state index in [2.05, 4.69) is 0 Å². The lowest BCUT2D eigenvalue weighted by Crippen LogP contribution is -2.41. The molecule has 0 aliphatic heterocycles. The molecule has 0 spiro atoms. The van der Waals surface area contributed by atoms with Gasteiger partial charge in [-0.1, -0.05) is 38.5 Å². The predicted octanol–water partition coefficient (Wildman–Crippen LogP) is 3.11. The number of hydrogen-bond donors (Lipinski definition) is 1. The topological polar surface area (TPSA) is 46.3 Å². The van der Waals surface area contributed by atoms with Gasteiger partial charge in [-0.05, 0) is 38.4 Å². The molecule has 0 atom stereocenters. The van der Waals surface area contributed by atoms with Crippen LogP contribution in [-0.2, 0) is 4.79 Å². The fourth-order valence-electron chi connectivity index (χ4n) is 1.84. The standard InChI is InChI=1S/C16H26N2O/c1-5-16(3,4)15(19)18(12-6-11-17)14-9-7-13(2)8-10-14/h7-10H,5-6,11-12,17H2,1-4H3. The molecule has 0 saturated carbocycles. The second-order valence-corrected chi connectivity index (χ2v) is 5.67. The van der Waals surface area contributed by atoms with Gasteiger partial charge < -0.3 is 10.6 Å². The van der Waals surface area contributed by atoms with E-state index in [4.69, 9.17) is 5.73 Å². The zero-order valence-corrected chi connectivity index (χ0v) is 12.6. The molecule has 0 aliphatic carbocycles. The molecule has 0 bridgehead atoms.